The Balaban J connectivity index is 2.23. The van der Waals surface area contributed by atoms with Crippen molar-refractivity contribution in [2.45, 2.75) is 36.0 Å². The Morgan fingerprint density at radius 1 is 1.21 bits per heavy atom. The van der Waals surface area contributed by atoms with Crippen molar-refractivity contribution in [3.63, 3.8) is 0 Å². The van der Waals surface area contributed by atoms with Crippen LogP contribution in [0.2, 0.25) is 0 Å². The summed E-state index contributed by atoms with van der Waals surface area (Å²) in [6, 6.07) is 4.12. The number of benzene rings is 1. The van der Waals surface area contributed by atoms with E-state index in [-0.39, 0.29) is 24.2 Å². The summed E-state index contributed by atoms with van der Waals surface area (Å²) in [5.41, 5.74) is 1.18. The topological polar surface area (TPSA) is 76.4 Å². The van der Waals surface area contributed by atoms with Gasteiger partial charge in [-0.15, -0.1) is 0 Å². The summed E-state index contributed by atoms with van der Waals surface area (Å²) in [4.78, 5) is 25.4. The molecule has 0 saturated heterocycles. The second-order valence-corrected chi connectivity index (χ2v) is 11.2. The minimum Gasteiger partial charge on any atom is -0.459 e. The first-order chi connectivity index (χ1) is 13.1. The minimum atomic E-state index is -0.721. The summed E-state index contributed by atoms with van der Waals surface area (Å²) in [5.74, 6) is -1.31. The number of nitrogens with zero attached hydrogens (tertiary/aromatic N) is 1. The molecular weight excluding hydrogens is 624 g/mol. The van der Waals surface area contributed by atoms with Crippen LogP contribution in [-0.4, -0.2) is 25.2 Å². The smallest absolute Gasteiger partial charge is 0.350 e. The molecule has 1 aromatic rings. The van der Waals surface area contributed by atoms with E-state index in [1.165, 1.54) is 29.1 Å². The maximum atomic E-state index is 12.3. The van der Waals surface area contributed by atoms with Gasteiger partial charge < -0.3 is 9.47 Å². The van der Waals surface area contributed by atoms with Crippen LogP contribution in [0.1, 0.15) is 26.3 Å². The number of carbonyl (C=O) groups excluding carboxylic acids is 2. The summed E-state index contributed by atoms with van der Waals surface area (Å²) in [6.07, 6.45) is 1.03. The van der Waals surface area contributed by atoms with Gasteiger partial charge >= 0.3 is 11.9 Å². The lowest BCUT2D eigenvalue weighted by Crippen LogP contribution is -2.14. The highest BCUT2D eigenvalue weighted by Gasteiger charge is 2.32. The van der Waals surface area contributed by atoms with E-state index in [4.69, 9.17) is 9.47 Å². The molecule has 148 valence electrons. The molecule has 0 unspecified atom stereocenters. The third-order valence-electron chi connectivity index (χ3n) is 3.58. The molecule has 0 saturated carbocycles. The van der Waals surface area contributed by atoms with Crippen LogP contribution in [0.5, 0.6) is 0 Å². The SMILES string of the molecule is C=CC(=O)OCCOC(=O)/C(C#N)=C1/Sc2c(I)cc(C(C)(C)C)c(I)c2S1. The summed E-state index contributed by atoms with van der Waals surface area (Å²) in [6.45, 7) is 9.56. The molecule has 2 rings (SSSR count). The van der Waals surface area contributed by atoms with Crippen molar-refractivity contribution < 1.29 is 19.1 Å². The molecule has 5 nitrogen and oxygen atoms in total. The van der Waals surface area contributed by atoms with Crippen LogP contribution in [-0.2, 0) is 24.5 Å². The van der Waals surface area contributed by atoms with Crippen LogP contribution in [0.25, 0.3) is 0 Å². The van der Waals surface area contributed by atoms with Crippen LogP contribution >= 0.6 is 68.7 Å². The van der Waals surface area contributed by atoms with E-state index < -0.39 is 11.9 Å². The molecule has 0 aliphatic carbocycles. The van der Waals surface area contributed by atoms with Gasteiger partial charge in [0.15, 0.2) is 5.57 Å². The summed E-state index contributed by atoms with van der Waals surface area (Å²) < 4.78 is 12.7. The Morgan fingerprint density at radius 2 is 1.82 bits per heavy atom. The Labute approximate surface area is 200 Å². The Kier molecular flexibility index (Phi) is 8.30. The predicted octanol–water partition coefficient (Wildman–Crippen LogP) is 5.40. The summed E-state index contributed by atoms with van der Waals surface area (Å²) in [5, 5.41) is 9.50. The van der Waals surface area contributed by atoms with Crippen molar-refractivity contribution in [3.05, 3.63) is 41.2 Å². The third kappa shape index (κ3) is 5.46. The molecule has 28 heavy (non-hydrogen) atoms. The Hall–Kier alpha value is -0.710. The van der Waals surface area contributed by atoms with Crippen molar-refractivity contribution in [1.82, 2.24) is 0 Å². The van der Waals surface area contributed by atoms with E-state index in [0.717, 1.165) is 23.0 Å². The second kappa shape index (κ2) is 9.86. The number of carbonyl (C=O) groups is 2. The van der Waals surface area contributed by atoms with E-state index in [1.54, 1.807) is 0 Å². The number of rotatable bonds is 5. The quantitative estimate of drug-likeness (QED) is 0.140. The van der Waals surface area contributed by atoms with E-state index in [2.05, 4.69) is 78.6 Å². The van der Waals surface area contributed by atoms with Crippen LogP contribution in [0.3, 0.4) is 0 Å². The van der Waals surface area contributed by atoms with E-state index >= 15 is 0 Å². The fraction of sp³-hybridized carbons (Fsp3) is 0.316. The van der Waals surface area contributed by atoms with Gasteiger partial charge in [-0.05, 0) is 62.2 Å². The fourth-order valence-electron chi connectivity index (χ4n) is 2.21. The highest BCUT2D eigenvalue weighted by atomic mass is 127. The van der Waals surface area contributed by atoms with Crippen LogP contribution in [0, 0.1) is 18.5 Å². The maximum absolute atomic E-state index is 12.3. The minimum absolute atomic E-state index is 0.0109. The lowest BCUT2D eigenvalue weighted by atomic mass is 9.87. The highest BCUT2D eigenvalue weighted by molar-refractivity contribution is 14.1. The molecule has 0 amide bonds. The van der Waals surface area contributed by atoms with Gasteiger partial charge in [-0.25, -0.2) is 9.59 Å². The molecule has 0 fully saturated rings. The Morgan fingerprint density at radius 3 is 2.39 bits per heavy atom. The number of nitriles is 1. The molecule has 0 radical (unpaired) electrons. The summed E-state index contributed by atoms with van der Waals surface area (Å²) >= 11 is 7.46. The molecular formula is C19H17I2NO4S2. The molecule has 1 heterocycles. The van der Waals surface area contributed by atoms with Gasteiger partial charge in [0, 0.05) is 23.0 Å². The fourth-order valence-corrected chi connectivity index (χ4v) is 7.55. The highest BCUT2D eigenvalue weighted by Crippen LogP contribution is 2.56. The van der Waals surface area contributed by atoms with Crippen molar-refractivity contribution >= 4 is 80.6 Å². The number of ether oxygens (including phenoxy) is 2. The van der Waals surface area contributed by atoms with Crippen LogP contribution in [0.15, 0.2) is 38.3 Å². The molecule has 9 heteroatoms. The standard InChI is InChI=1S/C19H17I2NO4S2/c1-5-13(23)25-6-7-26-17(24)10(9-22)18-27-15-12(20)8-11(19(2,3)4)14(21)16(15)28-18/h5,8H,1,6-7H2,2-4H3/b18-10-. The molecule has 0 atom stereocenters. The van der Waals surface area contributed by atoms with Gasteiger partial charge in [0.25, 0.3) is 0 Å². The molecule has 0 bridgehead atoms. The van der Waals surface area contributed by atoms with Crippen molar-refractivity contribution in [2.24, 2.45) is 0 Å². The number of thioether (sulfide) groups is 2. The first kappa shape index (κ1) is 23.6. The third-order valence-corrected chi connectivity index (χ3v) is 8.93. The van der Waals surface area contributed by atoms with E-state index in [9.17, 15) is 14.9 Å². The number of fused-ring (bicyclic) bond motifs is 1. The first-order valence-corrected chi connectivity index (χ1v) is 11.9. The summed E-state index contributed by atoms with van der Waals surface area (Å²) in [7, 11) is 0. The van der Waals surface area contributed by atoms with Gasteiger partial charge in [-0.3, -0.25) is 0 Å². The molecule has 1 aromatic carbocycles. The first-order valence-electron chi connectivity index (χ1n) is 8.09. The van der Waals surface area contributed by atoms with Gasteiger partial charge in [-0.2, -0.15) is 5.26 Å². The largest absolute Gasteiger partial charge is 0.459 e. The number of hydrogen-bond donors (Lipinski definition) is 0. The normalized spacial score (nSPS) is 14.7. The average Bonchev–Trinajstić information content (AvgIpc) is 3.07. The zero-order chi connectivity index (χ0) is 21.1. The maximum Gasteiger partial charge on any atom is 0.350 e. The molecule has 1 aliphatic heterocycles. The number of esters is 2. The number of halogens is 2. The number of hydrogen-bond acceptors (Lipinski definition) is 7. The van der Waals surface area contributed by atoms with Gasteiger partial charge in [-0.1, -0.05) is 50.9 Å². The second-order valence-electron chi connectivity index (χ2n) is 6.61. The van der Waals surface area contributed by atoms with E-state index in [0.29, 0.717) is 4.24 Å². The van der Waals surface area contributed by atoms with Crippen molar-refractivity contribution in [2.75, 3.05) is 13.2 Å². The lowest BCUT2D eigenvalue weighted by Gasteiger charge is -2.22. The molecule has 0 N–H and O–H groups in total. The zero-order valence-corrected chi connectivity index (χ0v) is 21.4. The zero-order valence-electron chi connectivity index (χ0n) is 15.4. The Bertz CT molecular complexity index is 914. The molecule has 0 spiro atoms. The van der Waals surface area contributed by atoms with Crippen molar-refractivity contribution in [3.8, 4) is 6.07 Å². The van der Waals surface area contributed by atoms with Gasteiger partial charge in [0.2, 0.25) is 0 Å². The average molecular weight is 641 g/mol. The van der Waals surface area contributed by atoms with Crippen LogP contribution < -0.4 is 0 Å². The van der Waals surface area contributed by atoms with E-state index in [1.807, 2.05) is 6.07 Å². The predicted molar refractivity (Wildman–Crippen MR) is 127 cm³/mol. The van der Waals surface area contributed by atoms with Crippen molar-refractivity contribution in [1.29, 1.82) is 5.26 Å². The molecule has 1 aliphatic rings. The lowest BCUT2D eigenvalue weighted by molar-refractivity contribution is -0.146. The molecule has 0 aromatic heterocycles. The van der Waals surface area contributed by atoms with Gasteiger partial charge in [0.1, 0.15) is 19.3 Å². The van der Waals surface area contributed by atoms with Crippen LogP contribution in [0.4, 0.5) is 0 Å². The monoisotopic (exact) mass is 641 g/mol. The van der Waals surface area contributed by atoms with Gasteiger partial charge in [0.05, 0.1) is 4.24 Å².